The third-order valence-electron chi connectivity index (χ3n) is 1.38. The predicted octanol–water partition coefficient (Wildman–Crippen LogP) is 2.67. The lowest BCUT2D eigenvalue weighted by Gasteiger charge is -2.06. The maximum absolute atomic E-state index is 12.2. The third kappa shape index (κ3) is 2.08. The first-order valence-corrected chi connectivity index (χ1v) is 3.68. The van der Waals surface area contributed by atoms with E-state index in [1.54, 1.807) is 4.98 Å². The molecule has 1 rings (SSSR count). The van der Waals surface area contributed by atoms with E-state index in [0.717, 1.165) is 12.1 Å². The molecule has 0 aliphatic heterocycles. The first kappa shape index (κ1) is 10.6. The number of H-pyrrole nitrogens is 1. The van der Waals surface area contributed by atoms with E-state index < -0.39 is 22.5 Å². The highest BCUT2D eigenvalue weighted by Crippen LogP contribution is 2.33. The van der Waals surface area contributed by atoms with Crippen LogP contribution in [0.3, 0.4) is 0 Å². The van der Waals surface area contributed by atoms with Gasteiger partial charge in [0, 0.05) is 6.07 Å². The number of nitrogens with one attached hydrogen (secondary N) is 1. The van der Waals surface area contributed by atoms with Crippen LogP contribution in [0.15, 0.2) is 12.1 Å². The Morgan fingerprint density at radius 3 is 2.43 bits per heavy atom. The predicted molar refractivity (Wildman–Crippen MR) is 43.3 cm³/mol. The van der Waals surface area contributed by atoms with Crippen LogP contribution in [0.4, 0.5) is 18.9 Å². The topological polar surface area (TPSA) is 58.9 Å². The van der Waals surface area contributed by atoms with Crippen LogP contribution in [-0.4, -0.2) is 9.91 Å². The maximum Gasteiger partial charge on any atom is 0.438 e. The second-order valence-electron chi connectivity index (χ2n) is 2.34. The second-order valence-corrected chi connectivity index (χ2v) is 2.78. The Morgan fingerprint density at radius 2 is 2.00 bits per heavy atom. The van der Waals surface area contributed by atoms with Gasteiger partial charge in [-0.1, -0.05) is 12.2 Å². The van der Waals surface area contributed by atoms with Crippen LogP contribution in [0, 0.1) is 14.8 Å². The summed E-state index contributed by atoms with van der Waals surface area (Å²) in [5.74, 6) is 0. The summed E-state index contributed by atoms with van der Waals surface area (Å²) in [6.45, 7) is 0. The fourth-order valence-corrected chi connectivity index (χ4v) is 1.01. The monoisotopic (exact) mass is 224 g/mol. The summed E-state index contributed by atoms with van der Waals surface area (Å²) < 4.78 is 36.4. The number of aromatic nitrogens is 1. The van der Waals surface area contributed by atoms with Gasteiger partial charge in [-0.3, -0.25) is 10.1 Å². The van der Waals surface area contributed by atoms with E-state index in [2.05, 4.69) is 12.2 Å². The van der Waals surface area contributed by atoms with Crippen molar-refractivity contribution in [1.29, 1.82) is 0 Å². The average molecular weight is 224 g/mol. The Labute approximate surface area is 80.5 Å². The molecule has 1 heterocycles. The second kappa shape index (κ2) is 3.37. The van der Waals surface area contributed by atoms with Crippen molar-refractivity contribution in [3.63, 3.8) is 0 Å². The number of rotatable bonds is 1. The molecule has 0 saturated heterocycles. The number of nitrogens with zero attached hydrogens (tertiary/aromatic N) is 1. The molecular weight excluding hydrogens is 221 g/mol. The molecule has 0 aliphatic carbocycles. The molecule has 0 radical (unpaired) electrons. The molecule has 1 aromatic heterocycles. The van der Waals surface area contributed by atoms with Crippen molar-refractivity contribution in [3.8, 4) is 0 Å². The number of pyridine rings is 1. The van der Waals surface area contributed by atoms with Crippen LogP contribution >= 0.6 is 12.2 Å². The van der Waals surface area contributed by atoms with E-state index in [4.69, 9.17) is 0 Å². The zero-order chi connectivity index (χ0) is 10.9. The number of hydrogen-bond acceptors (Lipinski definition) is 3. The molecule has 0 aliphatic rings. The fourth-order valence-electron chi connectivity index (χ4n) is 0.835. The summed E-state index contributed by atoms with van der Waals surface area (Å²) in [5, 5.41) is 10.2. The lowest BCUT2D eigenvalue weighted by molar-refractivity contribution is -0.388. The largest absolute Gasteiger partial charge is 0.438 e. The van der Waals surface area contributed by atoms with Gasteiger partial charge < -0.3 is 4.98 Å². The molecule has 8 heteroatoms. The standard InChI is InChI=1S/C6H3F3N2O2S/c7-6(8,9)5-3(11(12)13)1-2-4(14)10-5/h1-2H,(H,10,14). The SMILES string of the molecule is O=[N+]([O-])c1ccc(=S)[nH]c1C(F)(F)F. The van der Waals surface area contributed by atoms with E-state index in [9.17, 15) is 23.3 Å². The van der Waals surface area contributed by atoms with Crippen LogP contribution < -0.4 is 0 Å². The Hall–Kier alpha value is -1.44. The zero-order valence-electron chi connectivity index (χ0n) is 6.46. The number of alkyl halides is 3. The molecule has 0 bridgehead atoms. The van der Waals surface area contributed by atoms with Crippen LogP contribution in [0.25, 0.3) is 0 Å². The summed E-state index contributed by atoms with van der Waals surface area (Å²) in [7, 11) is 0. The maximum atomic E-state index is 12.2. The van der Waals surface area contributed by atoms with Gasteiger partial charge in [-0.15, -0.1) is 0 Å². The molecule has 0 aromatic carbocycles. The third-order valence-corrected chi connectivity index (χ3v) is 1.62. The first-order valence-electron chi connectivity index (χ1n) is 3.27. The average Bonchev–Trinajstić information content (AvgIpc) is 2.01. The van der Waals surface area contributed by atoms with Gasteiger partial charge in [-0.05, 0) is 6.07 Å². The fraction of sp³-hybridized carbons (Fsp3) is 0.167. The van der Waals surface area contributed by atoms with Gasteiger partial charge in [-0.25, -0.2) is 0 Å². The molecule has 4 nitrogen and oxygen atoms in total. The van der Waals surface area contributed by atoms with Gasteiger partial charge in [0.2, 0.25) is 0 Å². The van der Waals surface area contributed by atoms with Crippen molar-refractivity contribution >= 4 is 17.9 Å². The van der Waals surface area contributed by atoms with Crippen molar-refractivity contribution in [2.24, 2.45) is 0 Å². The Bertz CT molecular complexity index is 426. The summed E-state index contributed by atoms with van der Waals surface area (Å²) >= 11 is 4.44. The molecular formula is C6H3F3N2O2S. The van der Waals surface area contributed by atoms with Gasteiger partial charge in [0.05, 0.1) is 4.92 Å². The van der Waals surface area contributed by atoms with Gasteiger partial charge in [0.25, 0.3) is 5.69 Å². The van der Waals surface area contributed by atoms with Crippen LogP contribution in [0.1, 0.15) is 5.69 Å². The minimum Gasteiger partial charge on any atom is -0.337 e. The van der Waals surface area contributed by atoms with Crippen molar-refractivity contribution in [3.05, 3.63) is 32.6 Å². The van der Waals surface area contributed by atoms with Crippen molar-refractivity contribution < 1.29 is 18.1 Å². The molecule has 1 N–H and O–H groups in total. The highest BCUT2D eigenvalue weighted by molar-refractivity contribution is 7.71. The number of halogens is 3. The van der Waals surface area contributed by atoms with E-state index in [1.807, 2.05) is 0 Å². The molecule has 0 atom stereocenters. The minimum atomic E-state index is -4.81. The zero-order valence-corrected chi connectivity index (χ0v) is 7.28. The van der Waals surface area contributed by atoms with Crippen LogP contribution in [0.5, 0.6) is 0 Å². The molecule has 0 spiro atoms. The van der Waals surface area contributed by atoms with E-state index in [1.165, 1.54) is 0 Å². The highest BCUT2D eigenvalue weighted by Gasteiger charge is 2.39. The Kier molecular flexibility index (Phi) is 2.56. The number of aromatic amines is 1. The molecule has 76 valence electrons. The lowest BCUT2D eigenvalue weighted by Crippen LogP contribution is -2.11. The normalized spacial score (nSPS) is 11.4. The van der Waals surface area contributed by atoms with E-state index in [0.29, 0.717) is 0 Å². The van der Waals surface area contributed by atoms with Crippen LogP contribution in [-0.2, 0) is 6.18 Å². The Balaban J connectivity index is 3.45. The molecule has 0 saturated carbocycles. The van der Waals surface area contributed by atoms with Gasteiger partial charge >= 0.3 is 6.18 Å². The molecule has 0 amide bonds. The van der Waals surface area contributed by atoms with E-state index in [-0.39, 0.29) is 4.64 Å². The molecule has 0 unspecified atom stereocenters. The van der Waals surface area contributed by atoms with Gasteiger partial charge in [0.1, 0.15) is 4.64 Å². The van der Waals surface area contributed by atoms with Gasteiger partial charge in [0.15, 0.2) is 5.69 Å². The number of hydrogen-bond donors (Lipinski definition) is 1. The quantitative estimate of drug-likeness (QED) is 0.453. The molecule has 0 fully saturated rings. The van der Waals surface area contributed by atoms with Crippen molar-refractivity contribution in [2.45, 2.75) is 6.18 Å². The summed E-state index contributed by atoms with van der Waals surface area (Å²) in [4.78, 5) is 10.9. The van der Waals surface area contributed by atoms with Crippen molar-refractivity contribution in [2.75, 3.05) is 0 Å². The Morgan fingerprint density at radius 1 is 1.43 bits per heavy atom. The van der Waals surface area contributed by atoms with E-state index >= 15 is 0 Å². The van der Waals surface area contributed by atoms with Gasteiger partial charge in [-0.2, -0.15) is 13.2 Å². The summed E-state index contributed by atoms with van der Waals surface area (Å²) in [6.07, 6.45) is -4.81. The smallest absolute Gasteiger partial charge is 0.337 e. The summed E-state index contributed by atoms with van der Waals surface area (Å²) in [5.41, 5.74) is -2.47. The first-order chi connectivity index (χ1) is 6.32. The highest BCUT2D eigenvalue weighted by atomic mass is 32.1. The minimum absolute atomic E-state index is 0.206. The lowest BCUT2D eigenvalue weighted by atomic mass is 10.3. The summed E-state index contributed by atoms with van der Waals surface area (Å²) in [6, 6.07) is 1.75. The molecule has 1 aromatic rings. The van der Waals surface area contributed by atoms with Crippen molar-refractivity contribution in [1.82, 2.24) is 4.98 Å². The molecule has 14 heavy (non-hydrogen) atoms. The number of nitro groups is 1. The van der Waals surface area contributed by atoms with Crippen LogP contribution in [0.2, 0.25) is 0 Å².